The van der Waals surface area contributed by atoms with Crippen LogP contribution < -0.4 is 4.74 Å². The second-order valence-corrected chi connectivity index (χ2v) is 8.30. The van der Waals surface area contributed by atoms with Gasteiger partial charge in [0, 0.05) is 29.2 Å². The molecule has 23 heavy (non-hydrogen) atoms. The summed E-state index contributed by atoms with van der Waals surface area (Å²) in [5.74, 6) is 1.02. The standard InChI is InChI=1S/C18H27IN2O2/c1-19-16-12-15(18-4-3-5-20(18)2)13-17(14-16)23-11-8-21-6-9-22-10-7-21/h12-14,18H,1,3-11H2,2H3. The second-order valence-electron chi connectivity index (χ2n) is 6.30. The molecule has 0 bridgehead atoms. The highest BCUT2D eigenvalue weighted by atomic mass is 127. The summed E-state index contributed by atoms with van der Waals surface area (Å²) in [5, 5.41) is 0. The molecule has 2 heterocycles. The van der Waals surface area contributed by atoms with Crippen LogP contribution in [0.25, 0.3) is 0 Å². The topological polar surface area (TPSA) is 24.9 Å². The van der Waals surface area contributed by atoms with Crippen molar-refractivity contribution >= 4 is 25.2 Å². The number of ether oxygens (including phenoxy) is 2. The third-order valence-electron chi connectivity index (χ3n) is 4.73. The molecule has 1 aromatic carbocycles. The molecule has 1 unspecified atom stereocenters. The molecule has 128 valence electrons. The lowest BCUT2D eigenvalue weighted by molar-refractivity contribution is 0.0322. The van der Waals surface area contributed by atoms with Crippen molar-refractivity contribution in [2.75, 3.05) is 53.0 Å². The van der Waals surface area contributed by atoms with Gasteiger partial charge in [-0.1, -0.05) is 25.2 Å². The molecule has 0 aromatic heterocycles. The van der Waals surface area contributed by atoms with Gasteiger partial charge in [0.1, 0.15) is 12.4 Å². The first-order valence-corrected chi connectivity index (χ1v) is 11.0. The summed E-state index contributed by atoms with van der Waals surface area (Å²) >= 11 is -0.159. The maximum Gasteiger partial charge on any atom is 0.120 e. The average Bonchev–Trinajstić information content (AvgIpc) is 3.01. The van der Waals surface area contributed by atoms with Crippen LogP contribution in [0.5, 0.6) is 5.75 Å². The van der Waals surface area contributed by atoms with Crippen molar-refractivity contribution in [1.29, 1.82) is 0 Å². The largest absolute Gasteiger partial charge is 0.492 e. The lowest BCUT2D eigenvalue weighted by Gasteiger charge is -2.26. The van der Waals surface area contributed by atoms with Crippen LogP contribution in [0, 0.1) is 3.57 Å². The van der Waals surface area contributed by atoms with Gasteiger partial charge in [0.2, 0.25) is 0 Å². The Bertz CT molecular complexity index is 532. The fraction of sp³-hybridized carbons (Fsp3) is 0.611. The third kappa shape index (κ3) is 4.75. The zero-order valence-corrected chi connectivity index (χ0v) is 16.1. The van der Waals surface area contributed by atoms with E-state index < -0.39 is 0 Å². The van der Waals surface area contributed by atoms with E-state index >= 15 is 0 Å². The zero-order chi connectivity index (χ0) is 16.1. The summed E-state index contributed by atoms with van der Waals surface area (Å²) < 4.78 is 17.0. The minimum Gasteiger partial charge on any atom is -0.492 e. The van der Waals surface area contributed by atoms with E-state index in [1.807, 2.05) is 0 Å². The van der Waals surface area contributed by atoms with Crippen LogP contribution in [0.15, 0.2) is 18.2 Å². The molecule has 5 heteroatoms. The number of halogens is 1. The van der Waals surface area contributed by atoms with Crippen molar-refractivity contribution in [1.82, 2.24) is 9.80 Å². The molecule has 4 nitrogen and oxygen atoms in total. The Morgan fingerprint density at radius 1 is 1.26 bits per heavy atom. The molecule has 2 fully saturated rings. The number of hydrogen-bond donors (Lipinski definition) is 0. The molecular formula is C18H27IN2O2. The lowest BCUT2D eigenvalue weighted by atomic mass is 10.0. The number of benzene rings is 1. The molecule has 0 amide bonds. The molecule has 1 atom stereocenters. The van der Waals surface area contributed by atoms with Gasteiger partial charge in [-0.2, -0.15) is 0 Å². The molecule has 0 radical (unpaired) electrons. The molecule has 3 rings (SSSR count). The van der Waals surface area contributed by atoms with E-state index in [2.05, 4.69) is 39.6 Å². The normalized spacial score (nSPS) is 23.3. The Morgan fingerprint density at radius 3 is 2.78 bits per heavy atom. The van der Waals surface area contributed by atoms with Gasteiger partial charge in [-0.05, 0) is 50.2 Å². The van der Waals surface area contributed by atoms with Crippen LogP contribution in [0.4, 0.5) is 0 Å². The fourth-order valence-corrected chi connectivity index (χ4v) is 4.49. The highest BCUT2D eigenvalue weighted by molar-refractivity contribution is 14.2. The van der Waals surface area contributed by atoms with Gasteiger partial charge >= 0.3 is 0 Å². The number of nitrogens with zero attached hydrogens (tertiary/aromatic N) is 2. The van der Waals surface area contributed by atoms with Gasteiger partial charge in [-0.3, -0.25) is 9.80 Å². The number of likely N-dealkylation sites (tertiary alicyclic amines) is 1. The van der Waals surface area contributed by atoms with Gasteiger partial charge in [-0.15, -0.1) is 0 Å². The van der Waals surface area contributed by atoms with Crippen molar-refractivity contribution in [3.63, 3.8) is 0 Å². The van der Waals surface area contributed by atoms with Crippen molar-refractivity contribution in [3.8, 4) is 5.75 Å². The molecule has 0 spiro atoms. The van der Waals surface area contributed by atoms with Crippen LogP contribution in [-0.2, 0) is 4.74 Å². The zero-order valence-electron chi connectivity index (χ0n) is 14.0. The smallest absolute Gasteiger partial charge is 0.120 e. The van der Waals surface area contributed by atoms with Gasteiger partial charge in [0.15, 0.2) is 0 Å². The maximum atomic E-state index is 6.08. The third-order valence-corrected chi connectivity index (χ3v) is 6.24. The summed E-state index contributed by atoms with van der Waals surface area (Å²) in [4.78, 5) is 4.87. The first-order valence-electron chi connectivity index (χ1n) is 8.43. The van der Waals surface area contributed by atoms with Crippen molar-refractivity contribution in [3.05, 3.63) is 27.3 Å². The Kier molecular flexibility index (Phi) is 6.44. The monoisotopic (exact) mass is 430 g/mol. The summed E-state index contributed by atoms with van der Waals surface area (Å²) in [7, 11) is 2.22. The quantitative estimate of drug-likeness (QED) is 0.649. The molecule has 1 aromatic rings. The van der Waals surface area contributed by atoms with Gasteiger partial charge < -0.3 is 9.47 Å². The summed E-state index contributed by atoms with van der Waals surface area (Å²) in [6, 6.07) is 7.33. The molecule has 0 saturated carbocycles. The maximum absolute atomic E-state index is 6.08. The molecule has 0 aliphatic carbocycles. The van der Waals surface area contributed by atoms with Crippen LogP contribution in [0.1, 0.15) is 24.4 Å². The summed E-state index contributed by atoms with van der Waals surface area (Å²) in [6.07, 6.45) is 2.54. The SMILES string of the molecule is C=Ic1cc(OCCN2CCOCC2)cc(C2CCCN2C)c1. The summed E-state index contributed by atoms with van der Waals surface area (Å²) in [6.45, 7) is 6.66. The molecule has 2 aliphatic heterocycles. The van der Waals surface area contributed by atoms with Crippen LogP contribution in [0.3, 0.4) is 0 Å². The van der Waals surface area contributed by atoms with Crippen molar-refractivity contribution in [2.45, 2.75) is 18.9 Å². The van der Waals surface area contributed by atoms with Gasteiger partial charge in [-0.25, -0.2) is 0 Å². The first-order chi connectivity index (χ1) is 11.3. The fourth-order valence-electron chi connectivity index (χ4n) is 3.39. The van der Waals surface area contributed by atoms with Crippen molar-refractivity contribution in [2.24, 2.45) is 0 Å². The Morgan fingerprint density at radius 2 is 2.09 bits per heavy atom. The molecule has 0 N–H and O–H groups in total. The first kappa shape index (κ1) is 17.3. The summed E-state index contributed by atoms with van der Waals surface area (Å²) in [5.41, 5.74) is 1.41. The van der Waals surface area contributed by atoms with E-state index in [4.69, 9.17) is 9.47 Å². The van der Waals surface area contributed by atoms with Gasteiger partial charge in [0.25, 0.3) is 0 Å². The predicted molar refractivity (Wildman–Crippen MR) is 104 cm³/mol. The van der Waals surface area contributed by atoms with Crippen LogP contribution in [-0.4, -0.2) is 67.4 Å². The molecular weight excluding hydrogens is 403 g/mol. The van der Waals surface area contributed by atoms with Crippen LogP contribution >= 0.6 is 20.7 Å². The molecule has 2 saturated heterocycles. The van der Waals surface area contributed by atoms with E-state index in [0.717, 1.165) is 45.2 Å². The van der Waals surface area contributed by atoms with E-state index in [0.29, 0.717) is 6.04 Å². The Labute approximate surface area is 149 Å². The molecule has 2 aliphatic rings. The van der Waals surface area contributed by atoms with E-state index in [1.165, 1.54) is 28.5 Å². The average molecular weight is 430 g/mol. The van der Waals surface area contributed by atoms with E-state index in [-0.39, 0.29) is 20.7 Å². The second kappa shape index (κ2) is 8.55. The van der Waals surface area contributed by atoms with E-state index in [1.54, 1.807) is 0 Å². The number of hydrogen-bond acceptors (Lipinski definition) is 4. The predicted octanol–water partition coefficient (Wildman–Crippen LogP) is 2.74. The Hall–Kier alpha value is -0.500. The minimum absolute atomic E-state index is 0.159. The van der Waals surface area contributed by atoms with Crippen molar-refractivity contribution < 1.29 is 9.47 Å². The Balaban J connectivity index is 1.62. The van der Waals surface area contributed by atoms with Gasteiger partial charge in [0.05, 0.1) is 13.2 Å². The highest BCUT2D eigenvalue weighted by Gasteiger charge is 2.23. The number of morpholine rings is 1. The lowest BCUT2D eigenvalue weighted by Crippen LogP contribution is -2.38. The van der Waals surface area contributed by atoms with Crippen LogP contribution in [0.2, 0.25) is 0 Å². The van der Waals surface area contributed by atoms with E-state index in [9.17, 15) is 0 Å². The highest BCUT2D eigenvalue weighted by Crippen LogP contribution is 2.33. The minimum atomic E-state index is -0.159. The number of rotatable bonds is 6.